The second-order valence-electron chi connectivity index (χ2n) is 5.62. The monoisotopic (exact) mass is 231 g/mol. The first kappa shape index (κ1) is 14.0. The third-order valence-corrected chi connectivity index (χ3v) is 3.08. The van der Waals surface area contributed by atoms with E-state index in [0.29, 0.717) is 0 Å². The van der Waals surface area contributed by atoms with Gasteiger partial charge in [-0.2, -0.15) is 0 Å². The lowest BCUT2D eigenvalue weighted by molar-refractivity contribution is 0.588. The highest BCUT2D eigenvalue weighted by Crippen LogP contribution is 2.24. The summed E-state index contributed by atoms with van der Waals surface area (Å²) in [6, 6.07) is 8.89. The van der Waals surface area contributed by atoms with E-state index in [2.05, 4.69) is 57.2 Å². The molecule has 2 N–H and O–H groups in total. The molecule has 1 atom stereocenters. The van der Waals surface area contributed by atoms with Crippen LogP contribution in [-0.2, 0) is 5.41 Å². The molecule has 0 radical (unpaired) electrons. The molecule has 0 aromatic heterocycles. The van der Waals surface area contributed by atoms with Crippen LogP contribution in [0.3, 0.4) is 0 Å². The molecule has 17 heavy (non-hydrogen) atoms. The Morgan fingerprint density at radius 3 is 2.24 bits per heavy atom. The van der Waals surface area contributed by atoms with E-state index in [1.807, 2.05) is 6.92 Å². The first-order valence-electron chi connectivity index (χ1n) is 6.42. The molecule has 0 aliphatic heterocycles. The number of hydrogen-bond donors (Lipinski definition) is 1. The standard InChI is InChI=1S/C16H25N/c1-5-6-7-8-15(17)13-9-11-14(12-10-13)16(2,3)4/h5-6,9-12,15H,7-8,17H2,1-4H3/b6-5-. The number of benzene rings is 1. The lowest BCUT2D eigenvalue weighted by Gasteiger charge is -2.20. The summed E-state index contributed by atoms with van der Waals surface area (Å²) in [6.45, 7) is 8.74. The predicted molar refractivity (Wildman–Crippen MR) is 76.1 cm³/mol. The van der Waals surface area contributed by atoms with Gasteiger partial charge in [0.25, 0.3) is 0 Å². The fraction of sp³-hybridized carbons (Fsp3) is 0.500. The van der Waals surface area contributed by atoms with Crippen molar-refractivity contribution in [1.82, 2.24) is 0 Å². The van der Waals surface area contributed by atoms with Gasteiger partial charge in [0.15, 0.2) is 0 Å². The van der Waals surface area contributed by atoms with Crippen LogP contribution in [0.1, 0.15) is 57.7 Å². The Labute approximate surface area is 106 Å². The molecule has 0 fully saturated rings. The highest BCUT2D eigenvalue weighted by molar-refractivity contribution is 5.29. The predicted octanol–water partition coefficient (Wildman–Crippen LogP) is 4.34. The molecule has 1 rings (SSSR count). The van der Waals surface area contributed by atoms with E-state index in [4.69, 9.17) is 5.73 Å². The number of hydrogen-bond acceptors (Lipinski definition) is 1. The Balaban J connectivity index is 2.67. The van der Waals surface area contributed by atoms with Gasteiger partial charge in [-0.05, 0) is 36.3 Å². The van der Waals surface area contributed by atoms with Crippen LogP contribution in [0, 0.1) is 0 Å². The highest BCUT2D eigenvalue weighted by atomic mass is 14.6. The molecule has 0 heterocycles. The summed E-state index contributed by atoms with van der Waals surface area (Å²) >= 11 is 0. The molecular weight excluding hydrogens is 206 g/mol. The summed E-state index contributed by atoms with van der Waals surface area (Å²) in [7, 11) is 0. The Hall–Kier alpha value is -1.08. The van der Waals surface area contributed by atoms with Gasteiger partial charge in [0, 0.05) is 6.04 Å². The molecule has 1 aromatic rings. The van der Waals surface area contributed by atoms with Gasteiger partial charge in [-0.15, -0.1) is 0 Å². The topological polar surface area (TPSA) is 26.0 Å². The van der Waals surface area contributed by atoms with Crippen LogP contribution in [0.4, 0.5) is 0 Å². The molecule has 0 spiro atoms. The zero-order valence-corrected chi connectivity index (χ0v) is 11.5. The minimum Gasteiger partial charge on any atom is -0.324 e. The average molecular weight is 231 g/mol. The second-order valence-corrected chi connectivity index (χ2v) is 5.62. The van der Waals surface area contributed by atoms with Gasteiger partial charge in [-0.25, -0.2) is 0 Å². The molecule has 94 valence electrons. The van der Waals surface area contributed by atoms with Gasteiger partial charge in [0.05, 0.1) is 0 Å². The molecule has 1 unspecified atom stereocenters. The molecule has 1 heteroatoms. The van der Waals surface area contributed by atoms with Crippen molar-refractivity contribution in [2.75, 3.05) is 0 Å². The molecule has 0 aliphatic rings. The van der Waals surface area contributed by atoms with Crippen LogP contribution >= 0.6 is 0 Å². The van der Waals surface area contributed by atoms with Crippen molar-refractivity contribution in [3.63, 3.8) is 0 Å². The summed E-state index contributed by atoms with van der Waals surface area (Å²) in [4.78, 5) is 0. The average Bonchev–Trinajstić information content (AvgIpc) is 2.28. The molecule has 0 saturated heterocycles. The molecular formula is C16H25N. The lowest BCUT2D eigenvalue weighted by Crippen LogP contribution is -2.13. The fourth-order valence-electron chi connectivity index (χ4n) is 1.84. The van der Waals surface area contributed by atoms with Gasteiger partial charge < -0.3 is 5.73 Å². The van der Waals surface area contributed by atoms with Gasteiger partial charge in [-0.3, -0.25) is 0 Å². The van der Waals surface area contributed by atoms with Crippen molar-refractivity contribution in [3.05, 3.63) is 47.5 Å². The molecule has 1 nitrogen and oxygen atoms in total. The smallest absolute Gasteiger partial charge is 0.0297 e. The second kappa shape index (κ2) is 6.02. The van der Waals surface area contributed by atoms with Gasteiger partial charge in [0.1, 0.15) is 0 Å². The van der Waals surface area contributed by atoms with Crippen LogP contribution < -0.4 is 5.73 Å². The van der Waals surface area contributed by atoms with E-state index < -0.39 is 0 Å². The first-order chi connectivity index (χ1) is 7.95. The summed E-state index contributed by atoms with van der Waals surface area (Å²) in [5, 5.41) is 0. The van der Waals surface area contributed by atoms with Crippen molar-refractivity contribution in [2.24, 2.45) is 5.73 Å². The Morgan fingerprint density at radius 2 is 1.76 bits per heavy atom. The summed E-state index contributed by atoms with van der Waals surface area (Å²) < 4.78 is 0. The zero-order valence-electron chi connectivity index (χ0n) is 11.5. The lowest BCUT2D eigenvalue weighted by atomic mass is 9.86. The third-order valence-electron chi connectivity index (χ3n) is 3.08. The normalized spacial score (nSPS) is 14.2. The van der Waals surface area contributed by atoms with Crippen molar-refractivity contribution >= 4 is 0 Å². The highest BCUT2D eigenvalue weighted by Gasteiger charge is 2.13. The minimum atomic E-state index is 0.153. The molecule has 0 bridgehead atoms. The largest absolute Gasteiger partial charge is 0.324 e. The minimum absolute atomic E-state index is 0.153. The maximum absolute atomic E-state index is 6.16. The molecule has 0 aliphatic carbocycles. The number of rotatable bonds is 4. The molecule has 1 aromatic carbocycles. The van der Waals surface area contributed by atoms with Crippen molar-refractivity contribution in [1.29, 1.82) is 0 Å². The maximum Gasteiger partial charge on any atom is 0.0297 e. The number of nitrogens with two attached hydrogens (primary N) is 1. The van der Waals surface area contributed by atoms with E-state index in [1.54, 1.807) is 0 Å². The van der Waals surface area contributed by atoms with E-state index >= 15 is 0 Å². The zero-order chi connectivity index (χ0) is 12.9. The van der Waals surface area contributed by atoms with Crippen LogP contribution in [0.25, 0.3) is 0 Å². The van der Waals surface area contributed by atoms with Crippen LogP contribution in [0.15, 0.2) is 36.4 Å². The van der Waals surface area contributed by atoms with Crippen LogP contribution in [-0.4, -0.2) is 0 Å². The third kappa shape index (κ3) is 4.35. The summed E-state index contributed by atoms with van der Waals surface area (Å²) in [5.74, 6) is 0. The van der Waals surface area contributed by atoms with Crippen LogP contribution in [0.2, 0.25) is 0 Å². The van der Waals surface area contributed by atoms with E-state index in [1.165, 1.54) is 11.1 Å². The number of allylic oxidation sites excluding steroid dienone is 2. The van der Waals surface area contributed by atoms with Crippen molar-refractivity contribution < 1.29 is 0 Å². The van der Waals surface area contributed by atoms with E-state index in [9.17, 15) is 0 Å². The van der Waals surface area contributed by atoms with Crippen molar-refractivity contribution in [3.8, 4) is 0 Å². The summed E-state index contributed by atoms with van der Waals surface area (Å²) in [5.41, 5.74) is 8.98. The van der Waals surface area contributed by atoms with Gasteiger partial charge in [0.2, 0.25) is 0 Å². The molecule has 0 amide bonds. The molecule has 0 saturated carbocycles. The summed E-state index contributed by atoms with van der Waals surface area (Å²) in [6.07, 6.45) is 6.32. The quantitative estimate of drug-likeness (QED) is 0.766. The van der Waals surface area contributed by atoms with E-state index in [0.717, 1.165) is 12.8 Å². The maximum atomic E-state index is 6.16. The van der Waals surface area contributed by atoms with Gasteiger partial charge in [-0.1, -0.05) is 57.2 Å². The Bertz CT molecular complexity index is 354. The van der Waals surface area contributed by atoms with Crippen LogP contribution in [0.5, 0.6) is 0 Å². The van der Waals surface area contributed by atoms with E-state index in [-0.39, 0.29) is 11.5 Å². The van der Waals surface area contributed by atoms with Gasteiger partial charge >= 0.3 is 0 Å². The fourth-order valence-corrected chi connectivity index (χ4v) is 1.84. The Kier molecular flexibility index (Phi) is 4.95. The first-order valence-corrected chi connectivity index (χ1v) is 6.42. The SMILES string of the molecule is C/C=C\CCC(N)c1ccc(C(C)(C)C)cc1. The van der Waals surface area contributed by atoms with Crippen molar-refractivity contribution in [2.45, 2.75) is 52.0 Å². The Morgan fingerprint density at radius 1 is 1.18 bits per heavy atom.